The summed E-state index contributed by atoms with van der Waals surface area (Å²) in [5.41, 5.74) is 6.17. The fraction of sp³-hybridized carbons (Fsp3) is 0.438. The van der Waals surface area contributed by atoms with E-state index in [1.165, 1.54) is 10.9 Å². The molecule has 1 aromatic heterocycles. The quantitative estimate of drug-likeness (QED) is 0.873. The molecule has 7 heteroatoms. The van der Waals surface area contributed by atoms with Crippen LogP contribution in [0.1, 0.15) is 19.3 Å². The van der Waals surface area contributed by atoms with Gasteiger partial charge in [-0.25, -0.2) is 4.98 Å². The lowest BCUT2D eigenvalue weighted by Crippen LogP contribution is -2.42. The molecule has 2 unspecified atom stereocenters. The summed E-state index contributed by atoms with van der Waals surface area (Å²) in [4.78, 5) is 28.7. The van der Waals surface area contributed by atoms with Gasteiger partial charge in [0.05, 0.1) is 17.2 Å². The van der Waals surface area contributed by atoms with Gasteiger partial charge in [0, 0.05) is 6.04 Å². The molecule has 1 saturated carbocycles. The van der Waals surface area contributed by atoms with E-state index in [2.05, 4.69) is 10.3 Å². The van der Waals surface area contributed by atoms with Crippen molar-refractivity contribution < 1.29 is 4.79 Å². The molecule has 0 bridgehead atoms. The van der Waals surface area contributed by atoms with Crippen LogP contribution in [0.15, 0.2) is 35.4 Å². The molecule has 0 saturated heterocycles. The Morgan fingerprint density at radius 1 is 1.35 bits per heavy atom. The van der Waals surface area contributed by atoms with Crippen LogP contribution in [0.2, 0.25) is 0 Å². The summed E-state index contributed by atoms with van der Waals surface area (Å²) in [5, 5.41) is 3.52. The number of nitrogens with zero attached hydrogens (tertiary/aromatic N) is 2. The average Bonchev–Trinajstić information content (AvgIpc) is 2.97. The molecule has 2 atom stereocenters. The summed E-state index contributed by atoms with van der Waals surface area (Å²) in [5.74, 6) is 0.180. The summed E-state index contributed by atoms with van der Waals surface area (Å²) in [7, 11) is 0. The number of para-hydroxylation sites is 1. The number of carbonyl (C=O) groups is 1. The molecule has 2 aromatic rings. The van der Waals surface area contributed by atoms with E-state index >= 15 is 0 Å². The molecule has 0 spiro atoms. The predicted octanol–water partition coefficient (Wildman–Crippen LogP) is 1.06. The van der Waals surface area contributed by atoms with Crippen molar-refractivity contribution in [2.75, 3.05) is 6.54 Å². The minimum atomic E-state index is -0.192. The van der Waals surface area contributed by atoms with Crippen LogP contribution in [-0.4, -0.2) is 28.0 Å². The first-order chi connectivity index (χ1) is 10.7. The lowest BCUT2D eigenvalue weighted by molar-refractivity contribution is -0.122. The molecule has 1 aliphatic carbocycles. The number of nitrogens with one attached hydrogen (secondary N) is 1. The van der Waals surface area contributed by atoms with Gasteiger partial charge in [0.2, 0.25) is 5.91 Å². The molecule has 1 aliphatic rings. The summed E-state index contributed by atoms with van der Waals surface area (Å²) >= 11 is 0. The van der Waals surface area contributed by atoms with E-state index in [1.54, 1.807) is 18.2 Å². The molecule has 6 nitrogen and oxygen atoms in total. The molecule has 0 aliphatic heterocycles. The highest BCUT2D eigenvalue weighted by Gasteiger charge is 2.27. The number of carbonyl (C=O) groups excluding carboxylic acids is 1. The smallest absolute Gasteiger partial charge is 0.261 e. The van der Waals surface area contributed by atoms with Crippen LogP contribution < -0.4 is 16.6 Å². The number of hydrogen-bond acceptors (Lipinski definition) is 4. The van der Waals surface area contributed by atoms with Crippen LogP contribution in [0.4, 0.5) is 0 Å². The molecule has 1 amide bonds. The molecule has 1 aromatic carbocycles. The number of hydrogen-bond donors (Lipinski definition) is 2. The zero-order valence-corrected chi connectivity index (χ0v) is 13.6. The standard InChI is InChI=1S/C16H20N4O2.ClH/c17-8-11-4-3-7-13(11)19-15(21)9-20-10-18-14-6-2-1-5-12(14)16(20)22;/h1-2,5-6,10-11,13H,3-4,7-9,17H2,(H,19,21);1H. The second-order valence-electron chi connectivity index (χ2n) is 5.80. The third kappa shape index (κ3) is 3.71. The van der Waals surface area contributed by atoms with Crippen molar-refractivity contribution in [3.05, 3.63) is 40.9 Å². The number of fused-ring (bicyclic) bond motifs is 1. The summed E-state index contributed by atoms with van der Waals surface area (Å²) < 4.78 is 1.35. The number of rotatable bonds is 4. The lowest BCUT2D eigenvalue weighted by atomic mass is 10.0. The number of nitrogens with two attached hydrogens (primary N) is 1. The van der Waals surface area contributed by atoms with E-state index in [9.17, 15) is 9.59 Å². The average molecular weight is 337 g/mol. The van der Waals surface area contributed by atoms with Gasteiger partial charge in [0.25, 0.3) is 5.56 Å². The van der Waals surface area contributed by atoms with Crippen LogP contribution in [0.5, 0.6) is 0 Å². The van der Waals surface area contributed by atoms with Gasteiger partial charge in [-0.15, -0.1) is 12.4 Å². The Bertz CT molecular complexity index is 746. The Balaban J connectivity index is 0.00000192. The van der Waals surface area contributed by atoms with Gasteiger partial charge in [0.15, 0.2) is 0 Å². The van der Waals surface area contributed by atoms with E-state index in [0.717, 1.165) is 19.3 Å². The van der Waals surface area contributed by atoms with E-state index in [4.69, 9.17) is 5.73 Å². The Morgan fingerprint density at radius 2 is 2.13 bits per heavy atom. The number of aromatic nitrogens is 2. The minimum absolute atomic E-state index is 0. The Kier molecular flexibility index (Phi) is 5.74. The van der Waals surface area contributed by atoms with Crippen LogP contribution in [0.3, 0.4) is 0 Å². The van der Waals surface area contributed by atoms with Crippen LogP contribution >= 0.6 is 12.4 Å². The largest absolute Gasteiger partial charge is 0.351 e. The van der Waals surface area contributed by atoms with Gasteiger partial charge in [-0.2, -0.15) is 0 Å². The van der Waals surface area contributed by atoms with E-state index in [1.807, 2.05) is 6.07 Å². The first-order valence-electron chi connectivity index (χ1n) is 7.62. The highest BCUT2D eigenvalue weighted by Crippen LogP contribution is 2.24. The van der Waals surface area contributed by atoms with Crippen LogP contribution in [0.25, 0.3) is 10.9 Å². The van der Waals surface area contributed by atoms with Crippen LogP contribution in [0, 0.1) is 5.92 Å². The second kappa shape index (κ2) is 7.57. The highest BCUT2D eigenvalue weighted by atomic mass is 35.5. The maximum absolute atomic E-state index is 12.3. The normalized spacial score (nSPS) is 20.2. The lowest BCUT2D eigenvalue weighted by Gasteiger charge is -2.19. The first-order valence-corrected chi connectivity index (χ1v) is 7.62. The van der Waals surface area contributed by atoms with Crippen molar-refractivity contribution in [3.8, 4) is 0 Å². The molecule has 23 heavy (non-hydrogen) atoms. The minimum Gasteiger partial charge on any atom is -0.351 e. The van der Waals surface area contributed by atoms with Crippen molar-refractivity contribution in [3.63, 3.8) is 0 Å². The molecule has 0 radical (unpaired) electrons. The summed E-state index contributed by atoms with van der Waals surface area (Å²) in [6.45, 7) is 0.576. The fourth-order valence-corrected chi connectivity index (χ4v) is 3.13. The monoisotopic (exact) mass is 336 g/mol. The SMILES string of the molecule is Cl.NCC1CCCC1NC(=O)Cn1cnc2ccccc2c1=O. The number of benzene rings is 1. The maximum Gasteiger partial charge on any atom is 0.261 e. The van der Waals surface area contributed by atoms with Crippen molar-refractivity contribution >= 4 is 29.2 Å². The van der Waals surface area contributed by atoms with Crippen LogP contribution in [-0.2, 0) is 11.3 Å². The zero-order chi connectivity index (χ0) is 15.5. The first kappa shape index (κ1) is 17.4. The van der Waals surface area contributed by atoms with Gasteiger partial charge >= 0.3 is 0 Å². The van der Waals surface area contributed by atoms with E-state index < -0.39 is 0 Å². The topological polar surface area (TPSA) is 90.0 Å². The van der Waals surface area contributed by atoms with E-state index in [0.29, 0.717) is 23.4 Å². The highest BCUT2D eigenvalue weighted by molar-refractivity contribution is 5.85. The molecular formula is C16H21ClN4O2. The van der Waals surface area contributed by atoms with Gasteiger partial charge < -0.3 is 11.1 Å². The summed E-state index contributed by atoms with van der Waals surface area (Å²) in [6, 6.07) is 7.26. The molecule has 124 valence electrons. The Hall–Kier alpha value is -1.92. The van der Waals surface area contributed by atoms with Gasteiger partial charge in [-0.05, 0) is 37.4 Å². The zero-order valence-electron chi connectivity index (χ0n) is 12.8. The molecule has 1 heterocycles. The third-order valence-corrected chi connectivity index (χ3v) is 4.35. The third-order valence-electron chi connectivity index (χ3n) is 4.35. The predicted molar refractivity (Wildman–Crippen MR) is 91.6 cm³/mol. The van der Waals surface area contributed by atoms with Crippen molar-refractivity contribution in [2.24, 2.45) is 11.7 Å². The second-order valence-corrected chi connectivity index (χ2v) is 5.80. The molecule has 1 fully saturated rings. The summed E-state index contributed by atoms with van der Waals surface area (Å²) in [6.07, 6.45) is 4.53. The van der Waals surface area contributed by atoms with E-state index in [-0.39, 0.29) is 36.5 Å². The number of halogens is 1. The molecular weight excluding hydrogens is 316 g/mol. The number of amides is 1. The van der Waals surface area contributed by atoms with Crippen molar-refractivity contribution in [2.45, 2.75) is 31.8 Å². The van der Waals surface area contributed by atoms with Gasteiger partial charge in [0.1, 0.15) is 6.54 Å². The van der Waals surface area contributed by atoms with Gasteiger partial charge in [-0.3, -0.25) is 14.2 Å². The Labute approximate surface area is 140 Å². The van der Waals surface area contributed by atoms with Crippen molar-refractivity contribution in [1.82, 2.24) is 14.9 Å². The Morgan fingerprint density at radius 3 is 2.91 bits per heavy atom. The van der Waals surface area contributed by atoms with Gasteiger partial charge in [-0.1, -0.05) is 18.6 Å². The molecule has 3 rings (SSSR count). The van der Waals surface area contributed by atoms with Crippen molar-refractivity contribution in [1.29, 1.82) is 0 Å². The maximum atomic E-state index is 12.3. The fourth-order valence-electron chi connectivity index (χ4n) is 3.13. The molecule has 3 N–H and O–H groups in total.